The molecule has 1 atom stereocenters. The highest BCUT2D eigenvalue weighted by atomic mass is 35.5. The molecule has 3 aromatic rings. The zero-order valence-electron chi connectivity index (χ0n) is 12.2. The largest absolute Gasteiger partial charge is 0.301 e. The number of amides is 1. The fourth-order valence-corrected chi connectivity index (χ4v) is 4.31. The van der Waals surface area contributed by atoms with Gasteiger partial charge < -0.3 is 5.32 Å². The van der Waals surface area contributed by atoms with Gasteiger partial charge in [0, 0.05) is 15.3 Å². The number of hydrogen-bond donors (Lipinski definition) is 1. The van der Waals surface area contributed by atoms with Crippen LogP contribution in [0, 0.1) is 0 Å². The molecule has 0 radical (unpaired) electrons. The third-order valence-corrected chi connectivity index (χ3v) is 6.02. The lowest BCUT2D eigenvalue weighted by Crippen LogP contribution is -2.22. The summed E-state index contributed by atoms with van der Waals surface area (Å²) in [6.07, 6.45) is 0. The number of carbonyl (C=O) groups excluding carboxylic acids is 1. The molecule has 1 unspecified atom stereocenters. The van der Waals surface area contributed by atoms with Gasteiger partial charge in [0.05, 0.1) is 15.8 Å². The van der Waals surface area contributed by atoms with Crippen molar-refractivity contribution in [1.82, 2.24) is 4.98 Å². The van der Waals surface area contributed by atoms with Crippen molar-refractivity contribution in [2.75, 3.05) is 5.32 Å². The Morgan fingerprint density at radius 2 is 2.04 bits per heavy atom. The zero-order valence-corrected chi connectivity index (χ0v) is 15.4. The van der Waals surface area contributed by atoms with Gasteiger partial charge in [-0.05, 0) is 42.6 Å². The number of thioether (sulfide) groups is 1. The van der Waals surface area contributed by atoms with Crippen molar-refractivity contribution in [3.63, 3.8) is 0 Å². The number of aromatic nitrogens is 1. The fraction of sp³-hybridized carbons (Fsp3) is 0.125. The maximum atomic E-state index is 12.3. The van der Waals surface area contributed by atoms with Crippen LogP contribution >= 0.6 is 46.0 Å². The minimum atomic E-state index is -0.217. The third-order valence-electron chi connectivity index (χ3n) is 3.00. The van der Waals surface area contributed by atoms with Crippen LogP contribution in [0.4, 0.5) is 5.13 Å². The second kappa shape index (κ2) is 7.49. The fourth-order valence-electron chi connectivity index (χ4n) is 1.85. The molecule has 0 aliphatic rings. The summed E-state index contributed by atoms with van der Waals surface area (Å²) in [5, 5.41) is 7.95. The highest BCUT2D eigenvalue weighted by molar-refractivity contribution is 8.00. The second-order valence-electron chi connectivity index (χ2n) is 4.72. The lowest BCUT2D eigenvalue weighted by atomic mass is 10.4. The molecule has 23 heavy (non-hydrogen) atoms. The van der Waals surface area contributed by atoms with E-state index in [1.54, 1.807) is 11.3 Å². The van der Waals surface area contributed by atoms with Crippen LogP contribution in [0.3, 0.4) is 0 Å². The summed E-state index contributed by atoms with van der Waals surface area (Å²) in [4.78, 5) is 18.9. The Morgan fingerprint density at radius 3 is 2.74 bits per heavy atom. The Kier molecular flexibility index (Phi) is 5.38. The first-order valence-electron chi connectivity index (χ1n) is 6.84. The van der Waals surface area contributed by atoms with Gasteiger partial charge in [-0.15, -0.1) is 34.4 Å². The van der Waals surface area contributed by atoms with Gasteiger partial charge in [-0.1, -0.05) is 17.7 Å². The van der Waals surface area contributed by atoms with Gasteiger partial charge in [0.2, 0.25) is 5.91 Å². The number of benzene rings is 1. The average molecular weight is 381 g/mol. The molecule has 0 aliphatic heterocycles. The minimum absolute atomic E-state index is 0.0583. The summed E-state index contributed by atoms with van der Waals surface area (Å²) in [5.41, 5.74) is 0.901. The molecule has 0 bridgehead atoms. The van der Waals surface area contributed by atoms with Gasteiger partial charge >= 0.3 is 0 Å². The van der Waals surface area contributed by atoms with Crippen LogP contribution in [0.1, 0.15) is 6.92 Å². The topological polar surface area (TPSA) is 42.0 Å². The molecule has 0 fully saturated rings. The number of anilines is 1. The number of hydrogen-bond acceptors (Lipinski definition) is 5. The molecule has 118 valence electrons. The number of nitrogens with zero attached hydrogens (tertiary/aromatic N) is 1. The van der Waals surface area contributed by atoms with E-state index in [0.29, 0.717) is 10.2 Å². The number of thiazole rings is 1. The Morgan fingerprint density at radius 1 is 1.26 bits per heavy atom. The monoisotopic (exact) mass is 380 g/mol. The predicted molar refractivity (Wildman–Crippen MR) is 101 cm³/mol. The van der Waals surface area contributed by atoms with Gasteiger partial charge in [-0.2, -0.15) is 0 Å². The first kappa shape index (κ1) is 16.5. The van der Waals surface area contributed by atoms with Crippen LogP contribution in [0.5, 0.6) is 0 Å². The highest BCUT2D eigenvalue weighted by Crippen LogP contribution is 2.29. The molecule has 0 aliphatic carbocycles. The lowest BCUT2D eigenvalue weighted by Gasteiger charge is -2.10. The van der Waals surface area contributed by atoms with Gasteiger partial charge in [-0.25, -0.2) is 4.98 Å². The number of rotatable bonds is 5. The summed E-state index contributed by atoms with van der Waals surface area (Å²) < 4.78 is 0. The van der Waals surface area contributed by atoms with Crippen molar-refractivity contribution in [3.8, 4) is 10.6 Å². The molecule has 1 aromatic carbocycles. The Hall–Kier alpha value is -1.34. The molecule has 0 spiro atoms. The van der Waals surface area contributed by atoms with Crippen LogP contribution in [0.15, 0.2) is 52.1 Å². The maximum absolute atomic E-state index is 12.3. The molecule has 3 rings (SSSR count). The van der Waals surface area contributed by atoms with Crippen molar-refractivity contribution in [2.24, 2.45) is 0 Å². The molecule has 7 heteroatoms. The van der Waals surface area contributed by atoms with Gasteiger partial charge in [0.15, 0.2) is 5.13 Å². The standard InChI is InChI=1S/C16H13ClN2OS3/c1-10(23-12-6-4-11(17)5-7-12)15(20)19-16-18-13(9-22-16)14-3-2-8-21-14/h2-10H,1H3,(H,18,19,20). The molecular weight excluding hydrogens is 368 g/mol. The van der Waals surface area contributed by atoms with Gasteiger partial charge in [0.1, 0.15) is 0 Å². The third kappa shape index (κ3) is 4.35. The van der Waals surface area contributed by atoms with E-state index in [-0.39, 0.29) is 11.2 Å². The summed E-state index contributed by atoms with van der Waals surface area (Å²) in [6, 6.07) is 11.5. The Bertz CT molecular complexity index is 784. The van der Waals surface area contributed by atoms with E-state index in [1.165, 1.54) is 23.1 Å². The van der Waals surface area contributed by atoms with Crippen molar-refractivity contribution >= 4 is 57.1 Å². The number of thiophene rings is 1. The molecule has 1 amide bonds. The molecule has 2 heterocycles. The van der Waals surface area contributed by atoms with Crippen LogP contribution in [-0.4, -0.2) is 16.1 Å². The van der Waals surface area contributed by atoms with Crippen molar-refractivity contribution < 1.29 is 4.79 Å². The van der Waals surface area contributed by atoms with E-state index in [9.17, 15) is 4.79 Å². The van der Waals surface area contributed by atoms with E-state index in [0.717, 1.165) is 15.5 Å². The minimum Gasteiger partial charge on any atom is -0.301 e. The molecular formula is C16H13ClN2OS3. The molecule has 2 aromatic heterocycles. The molecule has 0 saturated heterocycles. The van der Waals surface area contributed by atoms with E-state index in [1.807, 2.05) is 54.1 Å². The Labute approximate surface area is 151 Å². The normalized spacial score (nSPS) is 12.1. The predicted octanol–water partition coefficient (Wildman–Crippen LogP) is 5.64. The second-order valence-corrected chi connectivity index (χ2v) is 8.37. The summed E-state index contributed by atoms with van der Waals surface area (Å²) in [7, 11) is 0. The summed E-state index contributed by atoms with van der Waals surface area (Å²) in [5.74, 6) is -0.0583. The van der Waals surface area contributed by atoms with Crippen LogP contribution in [0.25, 0.3) is 10.6 Å². The van der Waals surface area contributed by atoms with Crippen LogP contribution < -0.4 is 5.32 Å². The van der Waals surface area contributed by atoms with Gasteiger partial charge in [-0.3, -0.25) is 4.79 Å². The average Bonchev–Trinajstić information content (AvgIpc) is 3.20. The maximum Gasteiger partial charge on any atom is 0.239 e. The number of carbonyl (C=O) groups is 1. The Balaban J connectivity index is 1.61. The van der Waals surface area contributed by atoms with E-state index in [4.69, 9.17) is 11.6 Å². The number of nitrogens with one attached hydrogen (secondary N) is 1. The zero-order chi connectivity index (χ0) is 16.2. The SMILES string of the molecule is CC(Sc1ccc(Cl)cc1)C(=O)Nc1nc(-c2cccs2)cs1. The summed E-state index contributed by atoms with van der Waals surface area (Å²) >= 11 is 10.4. The van der Waals surface area contributed by atoms with E-state index < -0.39 is 0 Å². The first-order valence-corrected chi connectivity index (χ1v) is 9.86. The van der Waals surface area contributed by atoms with Crippen LogP contribution in [-0.2, 0) is 4.79 Å². The van der Waals surface area contributed by atoms with Crippen LogP contribution in [0.2, 0.25) is 5.02 Å². The van der Waals surface area contributed by atoms with Crippen molar-refractivity contribution in [1.29, 1.82) is 0 Å². The van der Waals surface area contributed by atoms with E-state index >= 15 is 0 Å². The first-order chi connectivity index (χ1) is 11.1. The summed E-state index contributed by atoms with van der Waals surface area (Å²) in [6.45, 7) is 1.88. The molecule has 0 saturated carbocycles. The molecule has 1 N–H and O–H groups in total. The van der Waals surface area contributed by atoms with Gasteiger partial charge in [0.25, 0.3) is 0 Å². The van der Waals surface area contributed by atoms with Crippen molar-refractivity contribution in [3.05, 3.63) is 52.2 Å². The van der Waals surface area contributed by atoms with E-state index in [2.05, 4.69) is 10.3 Å². The van der Waals surface area contributed by atoms with Crippen molar-refractivity contribution in [2.45, 2.75) is 17.1 Å². The smallest absolute Gasteiger partial charge is 0.239 e. The number of halogens is 1. The quantitative estimate of drug-likeness (QED) is 0.582. The highest BCUT2D eigenvalue weighted by Gasteiger charge is 2.16. The molecule has 3 nitrogen and oxygen atoms in total. The lowest BCUT2D eigenvalue weighted by molar-refractivity contribution is -0.115.